The zero-order chi connectivity index (χ0) is 16.6. The summed E-state index contributed by atoms with van der Waals surface area (Å²) < 4.78 is 10.5. The van der Waals surface area contributed by atoms with Gasteiger partial charge in [-0.1, -0.05) is 23.2 Å². The number of amides is 1. The second-order valence-electron chi connectivity index (χ2n) is 4.73. The molecule has 8 heteroatoms. The van der Waals surface area contributed by atoms with Gasteiger partial charge in [0.1, 0.15) is 10.3 Å². The smallest absolute Gasteiger partial charge is 0.258 e. The van der Waals surface area contributed by atoms with E-state index < -0.39 is 5.91 Å². The highest BCUT2D eigenvalue weighted by Gasteiger charge is 2.21. The number of aromatic nitrogens is 1. The van der Waals surface area contributed by atoms with Gasteiger partial charge in [0.05, 0.1) is 11.3 Å². The van der Waals surface area contributed by atoms with Crippen molar-refractivity contribution >= 4 is 40.6 Å². The maximum absolute atomic E-state index is 12.4. The molecule has 0 spiro atoms. The standard InChI is InChI=1S/C15H10Cl2N2O4/c1-7(20)9-4-11-12(23-6-22-11)5-10(9)18-15(21)8-2-3-13(16)19-14(8)17/h2-5H,6H2,1H3,(H,18,21). The van der Waals surface area contributed by atoms with Crippen molar-refractivity contribution < 1.29 is 19.1 Å². The first kappa shape index (κ1) is 15.6. The molecule has 1 N–H and O–H groups in total. The number of hydrogen-bond acceptors (Lipinski definition) is 5. The van der Waals surface area contributed by atoms with Gasteiger partial charge in [-0.3, -0.25) is 9.59 Å². The van der Waals surface area contributed by atoms with E-state index in [1.165, 1.54) is 31.2 Å². The lowest BCUT2D eigenvalue weighted by atomic mass is 10.1. The molecule has 6 nitrogen and oxygen atoms in total. The van der Waals surface area contributed by atoms with E-state index in [0.717, 1.165) is 0 Å². The van der Waals surface area contributed by atoms with Crippen molar-refractivity contribution in [2.24, 2.45) is 0 Å². The molecule has 1 aromatic carbocycles. The number of fused-ring (bicyclic) bond motifs is 1. The van der Waals surface area contributed by atoms with Crippen molar-refractivity contribution in [3.8, 4) is 11.5 Å². The third-order valence-electron chi connectivity index (χ3n) is 3.20. The average Bonchev–Trinajstić information content (AvgIpc) is 2.93. The molecule has 118 valence electrons. The van der Waals surface area contributed by atoms with Crippen LogP contribution in [0.1, 0.15) is 27.6 Å². The van der Waals surface area contributed by atoms with Gasteiger partial charge >= 0.3 is 0 Å². The van der Waals surface area contributed by atoms with Crippen LogP contribution in [0, 0.1) is 0 Å². The predicted molar refractivity (Wildman–Crippen MR) is 84.8 cm³/mol. The molecule has 0 saturated carbocycles. The summed E-state index contributed by atoms with van der Waals surface area (Å²) in [7, 11) is 0. The molecule has 1 amide bonds. The molecular formula is C15H10Cl2N2O4. The van der Waals surface area contributed by atoms with Crippen LogP contribution < -0.4 is 14.8 Å². The number of anilines is 1. The van der Waals surface area contributed by atoms with Gasteiger partial charge in [-0.05, 0) is 25.1 Å². The van der Waals surface area contributed by atoms with E-state index in [1.807, 2.05) is 0 Å². The van der Waals surface area contributed by atoms with Crippen LogP contribution >= 0.6 is 23.2 Å². The predicted octanol–water partition coefficient (Wildman–Crippen LogP) is 3.57. The van der Waals surface area contributed by atoms with Crippen molar-refractivity contribution in [2.45, 2.75) is 6.92 Å². The molecule has 0 saturated heterocycles. The first-order chi connectivity index (χ1) is 11.0. The van der Waals surface area contributed by atoms with Gasteiger partial charge in [0.25, 0.3) is 5.91 Å². The number of ether oxygens (including phenoxy) is 2. The van der Waals surface area contributed by atoms with E-state index >= 15 is 0 Å². The second kappa shape index (κ2) is 6.06. The lowest BCUT2D eigenvalue weighted by Gasteiger charge is -2.11. The van der Waals surface area contributed by atoms with Crippen LogP contribution in [-0.2, 0) is 0 Å². The summed E-state index contributed by atoms with van der Waals surface area (Å²) in [5.74, 6) is 0.171. The van der Waals surface area contributed by atoms with E-state index in [9.17, 15) is 9.59 Å². The summed E-state index contributed by atoms with van der Waals surface area (Å²) >= 11 is 11.6. The zero-order valence-corrected chi connectivity index (χ0v) is 13.4. The van der Waals surface area contributed by atoms with Crippen molar-refractivity contribution in [3.05, 3.63) is 45.7 Å². The Morgan fingerprint density at radius 1 is 1.13 bits per heavy atom. The largest absolute Gasteiger partial charge is 0.454 e. The average molecular weight is 353 g/mol. The number of pyridine rings is 1. The fourth-order valence-corrected chi connectivity index (χ4v) is 2.54. The van der Waals surface area contributed by atoms with Crippen LogP contribution in [0.4, 0.5) is 5.69 Å². The highest BCUT2D eigenvalue weighted by atomic mass is 35.5. The minimum absolute atomic E-state index is 0.0277. The van der Waals surface area contributed by atoms with E-state index in [2.05, 4.69) is 10.3 Å². The molecule has 0 radical (unpaired) electrons. The van der Waals surface area contributed by atoms with Crippen LogP contribution in [0.5, 0.6) is 11.5 Å². The van der Waals surface area contributed by atoms with Crippen LogP contribution in [0.3, 0.4) is 0 Å². The van der Waals surface area contributed by atoms with Crippen molar-refractivity contribution in [1.82, 2.24) is 4.98 Å². The molecule has 0 unspecified atom stereocenters. The van der Waals surface area contributed by atoms with Gasteiger partial charge in [-0.2, -0.15) is 0 Å². The summed E-state index contributed by atoms with van der Waals surface area (Å²) in [6.07, 6.45) is 0. The number of benzene rings is 1. The zero-order valence-electron chi connectivity index (χ0n) is 11.9. The Morgan fingerprint density at radius 3 is 2.48 bits per heavy atom. The molecule has 3 rings (SSSR count). The summed E-state index contributed by atoms with van der Waals surface area (Å²) in [5, 5.41) is 2.79. The van der Waals surface area contributed by atoms with E-state index in [4.69, 9.17) is 32.7 Å². The number of carbonyl (C=O) groups is 2. The van der Waals surface area contributed by atoms with Gasteiger partial charge in [0.15, 0.2) is 17.3 Å². The molecule has 23 heavy (non-hydrogen) atoms. The first-order valence-electron chi connectivity index (χ1n) is 6.53. The summed E-state index contributed by atoms with van der Waals surface area (Å²) in [5.41, 5.74) is 0.752. The fraction of sp³-hybridized carbons (Fsp3) is 0.133. The summed E-state index contributed by atoms with van der Waals surface area (Å²) in [4.78, 5) is 28.0. The minimum atomic E-state index is -0.513. The van der Waals surface area contributed by atoms with E-state index in [0.29, 0.717) is 22.7 Å². The number of ketones is 1. The Kier molecular flexibility index (Phi) is 4.11. The molecule has 0 atom stereocenters. The topological polar surface area (TPSA) is 77.5 Å². The number of carbonyl (C=O) groups excluding carboxylic acids is 2. The van der Waals surface area contributed by atoms with Crippen LogP contribution in [0.25, 0.3) is 0 Å². The molecule has 2 aromatic rings. The maximum atomic E-state index is 12.4. The number of nitrogens with zero attached hydrogens (tertiary/aromatic N) is 1. The van der Waals surface area contributed by atoms with Gasteiger partial charge in [0.2, 0.25) is 6.79 Å². The number of rotatable bonds is 3. The van der Waals surface area contributed by atoms with Gasteiger partial charge in [-0.15, -0.1) is 0 Å². The quantitative estimate of drug-likeness (QED) is 0.674. The summed E-state index contributed by atoms with van der Waals surface area (Å²) in [6.45, 7) is 1.46. The molecule has 1 aliphatic heterocycles. The van der Waals surface area contributed by atoms with Crippen molar-refractivity contribution in [1.29, 1.82) is 0 Å². The SMILES string of the molecule is CC(=O)c1cc2c(cc1NC(=O)c1ccc(Cl)nc1Cl)OCO2. The Labute approximate surface area is 141 Å². The van der Waals surface area contributed by atoms with Gasteiger partial charge in [-0.25, -0.2) is 4.98 Å². The fourth-order valence-electron chi connectivity index (χ4n) is 2.11. The lowest BCUT2D eigenvalue weighted by Crippen LogP contribution is -2.15. The van der Waals surface area contributed by atoms with Crippen LogP contribution in [-0.4, -0.2) is 23.5 Å². The van der Waals surface area contributed by atoms with Gasteiger partial charge in [0, 0.05) is 11.6 Å². The molecule has 0 bridgehead atoms. The van der Waals surface area contributed by atoms with E-state index in [-0.39, 0.29) is 28.4 Å². The third-order valence-corrected chi connectivity index (χ3v) is 3.70. The second-order valence-corrected chi connectivity index (χ2v) is 5.48. The first-order valence-corrected chi connectivity index (χ1v) is 7.29. The number of nitrogens with one attached hydrogen (secondary N) is 1. The highest BCUT2D eigenvalue weighted by molar-refractivity contribution is 6.35. The van der Waals surface area contributed by atoms with Crippen LogP contribution in [0.15, 0.2) is 24.3 Å². The minimum Gasteiger partial charge on any atom is -0.454 e. The Morgan fingerprint density at radius 2 is 1.83 bits per heavy atom. The molecule has 0 aliphatic carbocycles. The van der Waals surface area contributed by atoms with Crippen molar-refractivity contribution in [2.75, 3.05) is 12.1 Å². The number of hydrogen-bond donors (Lipinski definition) is 1. The van der Waals surface area contributed by atoms with Crippen molar-refractivity contribution in [3.63, 3.8) is 0 Å². The molecule has 1 aromatic heterocycles. The Balaban J connectivity index is 1.96. The molecule has 0 fully saturated rings. The van der Waals surface area contributed by atoms with Gasteiger partial charge < -0.3 is 14.8 Å². The Bertz CT molecular complexity index is 823. The van der Waals surface area contributed by atoms with E-state index in [1.54, 1.807) is 0 Å². The lowest BCUT2D eigenvalue weighted by molar-refractivity contribution is 0.101. The highest BCUT2D eigenvalue weighted by Crippen LogP contribution is 2.37. The molecule has 1 aliphatic rings. The monoisotopic (exact) mass is 352 g/mol. The number of halogens is 2. The summed E-state index contributed by atoms with van der Waals surface area (Å²) in [6, 6.07) is 5.97. The molecule has 2 heterocycles. The number of Topliss-reactive ketones (excluding diaryl/α,β-unsaturated/α-hetero) is 1. The Hall–Kier alpha value is -2.31. The molecular weight excluding hydrogens is 343 g/mol. The maximum Gasteiger partial charge on any atom is 0.258 e. The third kappa shape index (κ3) is 3.09. The van der Waals surface area contributed by atoms with Crippen LogP contribution in [0.2, 0.25) is 10.3 Å². The normalized spacial score (nSPS) is 12.1.